The molecular weight excluding hydrogens is 308 g/mol. The Bertz CT molecular complexity index is 615. The first kappa shape index (κ1) is 15.7. The van der Waals surface area contributed by atoms with E-state index in [9.17, 15) is 9.90 Å². The molecule has 2 fully saturated rings. The number of aliphatic hydroxyl groups excluding tert-OH is 1. The van der Waals surface area contributed by atoms with E-state index < -0.39 is 6.10 Å². The molecule has 3 aliphatic rings. The highest BCUT2D eigenvalue weighted by Gasteiger charge is 2.39. The van der Waals surface area contributed by atoms with E-state index in [1.807, 2.05) is 12.1 Å². The number of likely N-dealkylation sites (tertiary alicyclic amines) is 2. The number of fused-ring (bicyclic) bond motifs is 1. The molecule has 0 radical (unpaired) electrons. The standard InChI is InChI=1S/C18H24N2O4/c21-15-12-20(11-14(15)19-7-2-1-3-8-19)18(22)13-5-4-6-16-17(13)24-10-9-23-16/h4-6,14-15,21H,1-3,7-12H2/t14-,15-/m0/s1. The molecule has 2 atom stereocenters. The van der Waals surface area contributed by atoms with Crippen molar-refractivity contribution in [3.05, 3.63) is 23.8 Å². The van der Waals surface area contributed by atoms with Crippen molar-refractivity contribution in [1.82, 2.24) is 9.80 Å². The monoisotopic (exact) mass is 332 g/mol. The number of ether oxygens (including phenoxy) is 2. The quantitative estimate of drug-likeness (QED) is 0.880. The average Bonchev–Trinajstić information content (AvgIpc) is 3.03. The first-order valence-corrected chi connectivity index (χ1v) is 8.84. The van der Waals surface area contributed by atoms with E-state index in [4.69, 9.17) is 9.47 Å². The molecule has 1 N–H and O–H groups in total. The SMILES string of the molecule is O=C(c1cccc2c1OCCO2)N1C[C@H](O)[C@@H](N2CCCCC2)C1. The fourth-order valence-electron chi connectivity index (χ4n) is 3.96. The maximum atomic E-state index is 13.0. The largest absolute Gasteiger partial charge is 0.486 e. The van der Waals surface area contributed by atoms with Crippen LogP contribution in [0, 0.1) is 0 Å². The van der Waals surface area contributed by atoms with Gasteiger partial charge in [0.1, 0.15) is 13.2 Å². The molecule has 1 aromatic rings. The lowest BCUT2D eigenvalue weighted by Crippen LogP contribution is -2.46. The highest BCUT2D eigenvalue weighted by atomic mass is 16.6. The van der Waals surface area contributed by atoms with Gasteiger partial charge in [0.2, 0.25) is 0 Å². The maximum Gasteiger partial charge on any atom is 0.257 e. The van der Waals surface area contributed by atoms with Crippen LogP contribution in [0.5, 0.6) is 11.5 Å². The van der Waals surface area contributed by atoms with Gasteiger partial charge in [-0.15, -0.1) is 0 Å². The first-order chi connectivity index (χ1) is 11.7. The third-order valence-corrected chi connectivity index (χ3v) is 5.20. The van der Waals surface area contributed by atoms with Gasteiger partial charge in [-0.3, -0.25) is 9.69 Å². The number of hydrogen-bond acceptors (Lipinski definition) is 5. The molecule has 6 nitrogen and oxygen atoms in total. The van der Waals surface area contributed by atoms with Crippen molar-refractivity contribution in [3.63, 3.8) is 0 Å². The second-order valence-electron chi connectivity index (χ2n) is 6.77. The van der Waals surface area contributed by atoms with Gasteiger partial charge in [0.05, 0.1) is 17.7 Å². The Balaban J connectivity index is 1.51. The molecule has 3 heterocycles. The number of aliphatic hydroxyl groups is 1. The van der Waals surface area contributed by atoms with Crippen LogP contribution >= 0.6 is 0 Å². The average molecular weight is 332 g/mol. The lowest BCUT2D eigenvalue weighted by atomic mass is 10.1. The summed E-state index contributed by atoms with van der Waals surface area (Å²) in [6.45, 7) is 3.94. The fourth-order valence-corrected chi connectivity index (χ4v) is 3.96. The minimum atomic E-state index is -0.483. The van der Waals surface area contributed by atoms with E-state index in [0.717, 1.165) is 13.1 Å². The van der Waals surface area contributed by atoms with Crippen molar-refractivity contribution in [2.45, 2.75) is 31.4 Å². The molecule has 24 heavy (non-hydrogen) atoms. The van der Waals surface area contributed by atoms with Crippen molar-refractivity contribution in [3.8, 4) is 11.5 Å². The second-order valence-corrected chi connectivity index (χ2v) is 6.77. The van der Waals surface area contributed by atoms with Crippen LogP contribution in [0.15, 0.2) is 18.2 Å². The summed E-state index contributed by atoms with van der Waals surface area (Å²) < 4.78 is 11.2. The Hall–Kier alpha value is -1.79. The molecule has 0 aliphatic carbocycles. The normalized spacial score (nSPS) is 27.3. The van der Waals surface area contributed by atoms with Crippen molar-refractivity contribution in [2.75, 3.05) is 39.4 Å². The summed E-state index contributed by atoms with van der Waals surface area (Å²) in [5.41, 5.74) is 0.527. The number of carbonyl (C=O) groups excluding carboxylic acids is 1. The topological polar surface area (TPSA) is 62.2 Å². The van der Waals surface area contributed by atoms with E-state index in [2.05, 4.69) is 4.90 Å². The van der Waals surface area contributed by atoms with Gasteiger partial charge >= 0.3 is 0 Å². The van der Waals surface area contributed by atoms with Gasteiger partial charge in [0.25, 0.3) is 5.91 Å². The molecule has 0 unspecified atom stereocenters. The zero-order valence-corrected chi connectivity index (χ0v) is 13.8. The van der Waals surface area contributed by atoms with Gasteiger partial charge in [-0.25, -0.2) is 0 Å². The Kier molecular flexibility index (Phi) is 4.33. The Labute approximate surface area is 141 Å². The molecule has 0 aromatic heterocycles. The second kappa shape index (κ2) is 6.61. The number of para-hydroxylation sites is 1. The van der Waals surface area contributed by atoms with Crippen LogP contribution < -0.4 is 9.47 Å². The number of hydrogen-bond donors (Lipinski definition) is 1. The predicted octanol–water partition coefficient (Wildman–Crippen LogP) is 1.13. The summed E-state index contributed by atoms with van der Waals surface area (Å²) in [5, 5.41) is 10.5. The van der Waals surface area contributed by atoms with Gasteiger partial charge in [-0.1, -0.05) is 12.5 Å². The van der Waals surface area contributed by atoms with E-state index >= 15 is 0 Å². The third kappa shape index (κ3) is 2.84. The van der Waals surface area contributed by atoms with E-state index in [1.165, 1.54) is 19.3 Å². The molecule has 1 amide bonds. The van der Waals surface area contributed by atoms with Crippen LogP contribution in [0.3, 0.4) is 0 Å². The summed E-state index contributed by atoms with van der Waals surface area (Å²) in [5.74, 6) is 1.07. The maximum absolute atomic E-state index is 13.0. The minimum Gasteiger partial charge on any atom is -0.486 e. The summed E-state index contributed by atoms with van der Waals surface area (Å²) in [6, 6.07) is 5.46. The number of rotatable bonds is 2. The number of benzene rings is 1. The van der Waals surface area contributed by atoms with Crippen molar-refractivity contribution in [1.29, 1.82) is 0 Å². The lowest BCUT2D eigenvalue weighted by Gasteiger charge is -2.33. The van der Waals surface area contributed by atoms with E-state index in [1.54, 1.807) is 11.0 Å². The lowest BCUT2D eigenvalue weighted by molar-refractivity contribution is 0.0702. The number of amides is 1. The number of β-amino-alcohol motifs (C(OH)–C–C–N with tert-alkyl or cyclic N) is 1. The zero-order valence-electron chi connectivity index (χ0n) is 13.8. The molecule has 1 aromatic carbocycles. The fraction of sp³-hybridized carbons (Fsp3) is 0.611. The zero-order chi connectivity index (χ0) is 16.5. The first-order valence-electron chi connectivity index (χ1n) is 8.84. The van der Waals surface area contributed by atoms with Crippen molar-refractivity contribution in [2.24, 2.45) is 0 Å². The Morgan fingerprint density at radius 2 is 1.88 bits per heavy atom. The molecule has 2 saturated heterocycles. The van der Waals surface area contributed by atoms with Gasteiger partial charge in [0.15, 0.2) is 11.5 Å². The van der Waals surface area contributed by atoms with Gasteiger partial charge in [-0.05, 0) is 38.1 Å². The predicted molar refractivity (Wildman–Crippen MR) is 88.6 cm³/mol. The van der Waals surface area contributed by atoms with Crippen LogP contribution in [-0.4, -0.2) is 72.4 Å². The van der Waals surface area contributed by atoms with Crippen LogP contribution in [0.25, 0.3) is 0 Å². The smallest absolute Gasteiger partial charge is 0.257 e. The van der Waals surface area contributed by atoms with Crippen molar-refractivity contribution < 1.29 is 19.4 Å². The third-order valence-electron chi connectivity index (χ3n) is 5.20. The van der Waals surface area contributed by atoms with Crippen LogP contribution in [0.4, 0.5) is 0 Å². The van der Waals surface area contributed by atoms with Crippen LogP contribution in [0.2, 0.25) is 0 Å². The Morgan fingerprint density at radius 1 is 1.08 bits per heavy atom. The van der Waals surface area contributed by atoms with Crippen LogP contribution in [-0.2, 0) is 0 Å². The van der Waals surface area contributed by atoms with Gasteiger partial charge in [-0.2, -0.15) is 0 Å². The highest BCUT2D eigenvalue weighted by molar-refractivity contribution is 5.98. The molecule has 3 aliphatic heterocycles. The summed E-state index contributed by atoms with van der Waals surface area (Å²) in [4.78, 5) is 17.0. The summed E-state index contributed by atoms with van der Waals surface area (Å²) >= 11 is 0. The van der Waals surface area contributed by atoms with E-state index in [0.29, 0.717) is 43.4 Å². The summed E-state index contributed by atoms with van der Waals surface area (Å²) in [6.07, 6.45) is 3.13. The number of carbonyl (C=O) groups is 1. The molecule has 130 valence electrons. The summed E-state index contributed by atoms with van der Waals surface area (Å²) in [7, 11) is 0. The molecule has 0 spiro atoms. The molecular formula is C18H24N2O4. The minimum absolute atomic E-state index is 0.0472. The van der Waals surface area contributed by atoms with Crippen LogP contribution in [0.1, 0.15) is 29.6 Å². The van der Waals surface area contributed by atoms with Gasteiger partial charge < -0.3 is 19.5 Å². The molecule has 0 bridgehead atoms. The Morgan fingerprint density at radius 3 is 2.71 bits per heavy atom. The van der Waals surface area contributed by atoms with E-state index in [-0.39, 0.29) is 11.9 Å². The number of nitrogens with zero attached hydrogens (tertiary/aromatic N) is 2. The highest BCUT2D eigenvalue weighted by Crippen LogP contribution is 2.35. The van der Waals surface area contributed by atoms with Gasteiger partial charge in [0, 0.05) is 13.1 Å². The molecule has 6 heteroatoms. The van der Waals surface area contributed by atoms with Crippen molar-refractivity contribution >= 4 is 5.91 Å². The number of piperidine rings is 1. The molecule has 0 saturated carbocycles. The molecule has 4 rings (SSSR count).